The lowest BCUT2D eigenvalue weighted by Gasteiger charge is -2.22. The normalized spacial score (nSPS) is 18.6. The Bertz CT molecular complexity index is 518. The number of piperidine rings is 1. The molecule has 2 heterocycles. The van der Waals surface area contributed by atoms with E-state index in [2.05, 4.69) is 15.6 Å². The minimum Gasteiger partial charge on any atom is -0.493 e. The van der Waals surface area contributed by atoms with Gasteiger partial charge in [-0.3, -0.25) is 25.2 Å². The summed E-state index contributed by atoms with van der Waals surface area (Å²) >= 11 is 0. The minimum absolute atomic E-state index is 0.231. The molecule has 0 aliphatic carbocycles. The number of rotatable bonds is 5. The molecule has 0 radical (unpaired) electrons. The van der Waals surface area contributed by atoms with Crippen molar-refractivity contribution in [3.8, 4) is 11.5 Å². The number of nitrogens with zero attached hydrogens (tertiary/aromatic N) is 1. The van der Waals surface area contributed by atoms with E-state index in [1.54, 1.807) is 19.4 Å². The first-order valence-electron chi connectivity index (χ1n) is 6.28. The highest BCUT2D eigenvalue weighted by molar-refractivity contribution is 6.00. The predicted molar refractivity (Wildman–Crippen MR) is 70.4 cm³/mol. The van der Waals surface area contributed by atoms with E-state index in [0.717, 1.165) is 0 Å². The standard InChI is InChI=1S/C13H17N3O4/c1-19-10-5-6-14-9(12(10)20-2)7-15-8-3-4-11(17)16-13(8)18/h5-6,8,15H,3-4,7H2,1-2H3,(H,16,17,18). The monoisotopic (exact) mass is 279 g/mol. The van der Waals surface area contributed by atoms with Crippen molar-refractivity contribution in [1.29, 1.82) is 0 Å². The van der Waals surface area contributed by atoms with E-state index in [1.807, 2.05) is 0 Å². The average molecular weight is 279 g/mol. The number of methoxy groups -OCH3 is 2. The first-order chi connectivity index (χ1) is 9.65. The molecule has 1 aliphatic rings. The lowest BCUT2D eigenvalue weighted by Crippen LogP contribution is -2.50. The van der Waals surface area contributed by atoms with Gasteiger partial charge in [-0.1, -0.05) is 0 Å². The Morgan fingerprint density at radius 1 is 1.40 bits per heavy atom. The SMILES string of the molecule is COc1ccnc(CNC2CCC(=O)NC2=O)c1OC. The first-order valence-corrected chi connectivity index (χ1v) is 6.28. The van der Waals surface area contributed by atoms with Crippen LogP contribution in [0.25, 0.3) is 0 Å². The molecule has 7 nitrogen and oxygen atoms in total. The van der Waals surface area contributed by atoms with Gasteiger partial charge in [-0.25, -0.2) is 0 Å². The van der Waals surface area contributed by atoms with Crippen LogP contribution in [-0.2, 0) is 16.1 Å². The Balaban J connectivity index is 2.04. The van der Waals surface area contributed by atoms with Gasteiger partial charge >= 0.3 is 0 Å². The van der Waals surface area contributed by atoms with Crippen LogP contribution in [0.2, 0.25) is 0 Å². The Kier molecular flexibility index (Phi) is 4.52. The number of amides is 2. The summed E-state index contributed by atoms with van der Waals surface area (Å²) in [4.78, 5) is 26.9. The zero-order valence-corrected chi connectivity index (χ0v) is 11.4. The molecule has 1 aromatic rings. The molecule has 2 N–H and O–H groups in total. The van der Waals surface area contributed by atoms with Gasteiger partial charge in [-0.05, 0) is 6.42 Å². The largest absolute Gasteiger partial charge is 0.493 e. The Labute approximate surface area is 116 Å². The van der Waals surface area contributed by atoms with Crippen LogP contribution in [0.15, 0.2) is 12.3 Å². The number of ether oxygens (including phenoxy) is 2. The second-order valence-electron chi connectivity index (χ2n) is 4.38. The van der Waals surface area contributed by atoms with E-state index < -0.39 is 6.04 Å². The summed E-state index contributed by atoms with van der Waals surface area (Å²) in [6.07, 6.45) is 2.44. The summed E-state index contributed by atoms with van der Waals surface area (Å²) in [7, 11) is 3.09. The number of carbonyl (C=O) groups is 2. The van der Waals surface area contributed by atoms with Gasteiger partial charge in [0.05, 0.1) is 26.0 Å². The van der Waals surface area contributed by atoms with E-state index in [1.165, 1.54) is 7.11 Å². The third-order valence-corrected chi connectivity index (χ3v) is 3.12. The van der Waals surface area contributed by atoms with Gasteiger partial charge in [0.2, 0.25) is 11.8 Å². The van der Waals surface area contributed by atoms with Gasteiger partial charge in [-0.2, -0.15) is 0 Å². The molecule has 2 amide bonds. The highest BCUT2D eigenvalue weighted by Crippen LogP contribution is 2.28. The van der Waals surface area contributed by atoms with E-state index in [9.17, 15) is 9.59 Å². The molecule has 108 valence electrons. The molecule has 2 rings (SSSR count). The molecular formula is C13H17N3O4. The van der Waals surface area contributed by atoms with Crippen LogP contribution >= 0.6 is 0 Å². The van der Waals surface area contributed by atoms with E-state index in [4.69, 9.17) is 9.47 Å². The van der Waals surface area contributed by atoms with Gasteiger partial charge in [-0.15, -0.1) is 0 Å². The van der Waals surface area contributed by atoms with Crippen molar-refractivity contribution >= 4 is 11.8 Å². The van der Waals surface area contributed by atoms with Crippen LogP contribution in [0, 0.1) is 0 Å². The maximum Gasteiger partial charge on any atom is 0.243 e. The number of imide groups is 1. The van der Waals surface area contributed by atoms with Crippen LogP contribution in [-0.4, -0.2) is 37.1 Å². The highest BCUT2D eigenvalue weighted by atomic mass is 16.5. The molecule has 20 heavy (non-hydrogen) atoms. The van der Waals surface area contributed by atoms with E-state index in [-0.39, 0.29) is 11.8 Å². The molecule has 1 aromatic heterocycles. The number of nitrogens with one attached hydrogen (secondary N) is 2. The van der Waals surface area contributed by atoms with Crippen molar-refractivity contribution in [2.45, 2.75) is 25.4 Å². The topological polar surface area (TPSA) is 89.5 Å². The maximum absolute atomic E-state index is 11.6. The number of hydrogen-bond donors (Lipinski definition) is 2. The molecule has 0 bridgehead atoms. The van der Waals surface area contributed by atoms with Crippen molar-refractivity contribution in [3.05, 3.63) is 18.0 Å². The number of carbonyl (C=O) groups excluding carboxylic acids is 2. The fourth-order valence-electron chi connectivity index (χ4n) is 2.08. The van der Waals surface area contributed by atoms with Crippen LogP contribution < -0.4 is 20.1 Å². The number of pyridine rings is 1. The summed E-state index contributed by atoms with van der Waals surface area (Å²) < 4.78 is 10.5. The highest BCUT2D eigenvalue weighted by Gasteiger charge is 2.26. The summed E-state index contributed by atoms with van der Waals surface area (Å²) in [5.74, 6) is 0.589. The number of hydrogen-bond acceptors (Lipinski definition) is 6. The summed E-state index contributed by atoms with van der Waals surface area (Å²) in [6, 6.07) is 1.30. The fraction of sp³-hybridized carbons (Fsp3) is 0.462. The lowest BCUT2D eigenvalue weighted by atomic mass is 10.1. The molecule has 1 atom stereocenters. The molecule has 0 aromatic carbocycles. The van der Waals surface area contributed by atoms with E-state index >= 15 is 0 Å². The zero-order valence-electron chi connectivity index (χ0n) is 11.4. The van der Waals surface area contributed by atoms with Crippen LogP contribution in [0.4, 0.5) is 0 Å². The molecule has 7 heteroatoms. The van der Waals surface area contributed by atoms with Crippen molar-refractivity contribution < 1.29 is 19.1 Å². The average Bonchev–Trinajstić information content (AvgIpc) is 2.45. The molecule has 0 spiro atoms. The zero-order chi connectivity index (χ0) is 14.5. The van der Waals surface area contributed by atoms with Crippen molar-refractivity contribution in [2.24, 2.45) is 0 Å². The molecule has 1 unspecified atom stereocenters. The predicted octanol–water partition coefficient (Wildman–Crippen LogP) is -0.00640. The quantitative estimate of drug-likeness (QED) is 0.737. The molecule has 0 saturated carbocycles. The van der Waals surface area contributed by atoms with Crippen LogP contribution in [0.5, 0.6) is 11.5 Å². The number of aromatic nitrogens is 1. The molecule has 1 aliphatic heterocycles. The van der Waals surface area contributed by atoms with Crippen LogP contribution in [0.3, 0.4) is 0 Å². The van der Waals surface area contributed by atoms with Gasteiger partial charge < -0.3 is 9.47 Å². The van der Waals surface area contributed by atoms with Gasteiger partial charge in [0.1, 0.15) is 0 Å². The van der Waals surface area contributed by atoms with E-state index in [0.29, 0.717) is 36.6 Å². The summed E-state index contributed by atoms with van der Waals surface area (Å²) in [6.45, 7) is 0.354. The van der Waals surface area contributed by atoms with Crippen molar-refractivity contribution in [3.63, 3.8) is 0 Å². The van der Waals surface area contributed by atoms with Crippen molar-refractivity contribution in [1.82, 2.24) is 15.6 Å². The Morgan fingerprint density at radius 2 is 2.20 bits per heavy atom. The lowest BCUT2D eigenvalue weighted by molar-refractivity contribution is -0.134. The van der Waals surface area contributed by atoms with Gasteiger partial charge in [0, 0.05) is 25.2 Å². The minimum atomic E-state index is -0.398. The Morgan fingerprint density at radius 3 is 2.85 bits per heavy atom. The summed E-state index contributed by atoms with van der Waals surface area (Å²) in [5.41, 5.74) is 0.650. The third kappa shape index (κ3) is 3.05. The fourth-order valence-corrected chi connectivity index (χ4v) is 2.08. The first kappa shape index (κ1) is 14.3. The van der Waals surface area contributed by atoms with Gasteiger partial charge in [0.15, 0.2) is 11.5 Å². The smallest absolute Gasteiger partial charge is 0.243 e. The second-order valence-corrected chi connectivity index (χ2v) is 4.38. The van der Waals surface area contributed by atoms with Crippen LogP contribution in [0.1, 0.15) is 18.5 Å². The van der Waals surface area contributed by atoms with Crippen molar-refractivity contribution in [2.75, 3.05) is 14.2 Å². The second kappa shape index (κ2) is 6.33. The molecule has 1 saturated heterocycles. The maximum atomic E-state index is 11.6. The Hall–Kier alpha value is -2.15. The third-order valence-electron chi connectivity index (χ3n) is 3.12. The molecular weight excluding hydrogens is 262 g/mol. The summed E-state index contributed by atoms with van der Waals surface area (Å²) in [5, 5.41) is 5.37. The van der Waals surface area contributed by atoms with Gasteiger partial charge in [0.25, 0.3) is 0 Å². The molecule has 1 fully saturated rings.